The van der Waals surface area contributed by atoms with Gasteiger partial charge in [-0.05, 0) is 56.1 Å². The highest BCUT2D eigenvalue weighted by Gasteiger charge is 2.13. The molecule has 1 heterocycles. The van der Waals surface area contributed by atoms with Crippen molar-refractivity contribution in [1.29, 1.82) is 0 Å². The first-order valence-electron chi connectivity index (χ1n) is 5.48. The lowest BCUT2D eigenvalue weighted by molar-refractivity contribution is 0.102. The van der Waals surface area contributed by atoms with Crippen molar-refractivity contribution in [3.8, 4) is 0 Å². The van der Waals surface area contributed by atoms with E-state index in [-0.39, 0.29) is 11.6 Å². The molecular formula is C12H9Br3N4O. The number of halogens is 3. The lowest BCUT2D eigenvalue weighted by Gasteiger charge is -2.10. The molecule has 104 valence electrons. The van der Waals surface area contributed by atoms with Crippen molar-refractivity contribution in [2.75, 3.05) is 17.7 Å². The predicted molar refractivity (Wildman–Crippen MR) is 89.1 cm³/mol. The number of hydrogen-bond donors (Lipinski definition) is 2. The van der Waals surface area contributed by atoms with Gasteiger partial charge in [-0.2, -0.15) is 0 Å². The van der Waals surface area contributed by atoms with E-state index in [2.05, 4.69) is 68.6 Å². The Kier molecular flexibility index (Phi) is 5.11. The summed E-state index contributed by atoms with van der Waals surface area (Å²) in [7, 11) is 1.74. The van der Waals surface area contributed by atoms with E-state index in [1.165, 1.54) is 0 Å². The van der Waals surface area contributed by atoms with Crippen LogP contribution in [-0.2, 0) is 0 Å². The van der Waals surface area contributed by atoms with Crippen molar-refractivity contribution >= 4 is 65.2 Å². The smallest absolute Gasteiger partial charge is 0.276 e. The zero-order valence-corrected chi connectivity index (χ0v) is 15.0. The van der Waals surface area contributed by atoms with Crippen molar-refractivity contribution < 1.29 is 4.79 Å². The molecule has 0 saturated heterocycles. The summed E-state index contributed by atoms with van der Waals surface area (Å²) in [6.45, 7) is 0. The average Bonchev–Trinajstić information content (AvgIpc) is 2.42. The third kappa shape index (κ3) is 3.56. The minimum Gasteiger partial charge on any atom is -0.372 e. The summed E-state index contributed by atoms with van der Waals surface area (Å²) in [6, 6.07) is 6.98. The number of nitrogens with one attached hydrogen (secondary N) is 2. The van der Waals surface area contributed by atoms with Crippen LogP contribution in [0.25, 0.3) is 0 Å². The van der Waals surface area contributed by atoms with Gasteiger partial charge in [0.25, 0.3) is 5.91 Å². The van der Waals surface area contributed by atoms with Gasteiger partial charge in [0, 0.05) is 20.5 Å². The Hall–Kier alpha value is -0.990. The molecule has 0 unspecified atom stereocenters. The Bertz CT molecular complexity index is 623. The van der Waals surface area contributed by atoms with Gasteiger partial charge >= 0.3 is 0 Å². The Labute approximate surface area is 140 Å². The molecular weight excluding hydrogens is 456 g/mol. The van der Waals surface area contributed by atoms with Gasteiger partial charge in [0.2, 0.25) is 0 Å². The van der Waals surface area contributed by atoms with E-state index >= 15 is 0 Å². The molecule has 0 spiro atoms. The third-order valence-electron chi connectivity index (χ3n) is 2.40. The molecule has 2 aromatic rings. The van der Waals surface area contributed by atoms with Crippen LogP contribution in [0.2, 0.25) is 0 Å². The number of aromatic nitrogens is 2. The molecule has 0 bridgehead atoms. The van der Waals surface area contributed by atoms with Gasteiger partial charge in [0.1, 0.15) is 5.82 Å². The summed E-state index contributed by atoms with van der Waals surface area (Å²) in [5.74, 6) is 0.274. The molecule has 8 heteroatoms. The zero-order chi connectivity index (χ0) is 14.7. The second-order valence-corrected chi connectivity index (χ2v) is 6.38. The van der Waals surface area contributed by atoms with Crippen molar-refractivity contribution in [2.45, 2.75) is 0 Å². The fourth-order valence-corrected chi connectivity index (χ4v) is 3.88. The molecule has 0 aliphatic rings. The van der Waals surface area contributed by atoms with Crippen LogP contribution in [0.1, 0.15) is 10.5 Å². The van der Waals surface area contributed by atoms with Crippen molar-refractivity contribution in [3.05, 3.63) is 43.4 Å². The van der Waals surface area contributed by atoms with E-state index in [1.54, 1.807) is 19.2 Å². The van der Waals surface area contributed by atoms with Crippen LogP contribution in [0.3, 0.4) is 0 Å². The maximum atomic E-state index is 12.1. The third-order valence-corrected chi connectivity index (χ3v) is 4.11. The number of hydrogen-bond acceptors (Lipinski definition) is 4. The Morgan fingerprint density at radius 3 is 2.25 bits per heavy atom. The first-order chi connectivity index (χ1) is 9.51. The first-order valence-corrected chi connectivity index (χ1v) is 7.86. The maximum absolute atomic E-state index is 12.1. The quantitative estimate of drug-likeness (QED) is 0.719. The van der Waals surface area contributed by atoms with E-state index in [1.807, 2.05) is 12.1 Å². The second-order valence-electron chi connectivity index (χ2n) is 3.75. The van der Waals surface area contributed by atoms with Gasteiger partial charge in [-0.15, -0.1) is 10.2 Å². The molecule has 0 fully saturated rings. The Balaban J connectivity index is 2.23. The van der Waals surface area contributed by atoms with Gasteiger partial charge in [-0.25, -0.2) is 0 Å². The van der Waals surface area contributed by atoms with Crippen molar-refractivity contribution in [2.24, 2.45) is 0 Å². The number of benzene rings is 1. The van der Waals surface area contributed by atoms with Gasteiger partial charge in [-0.1, -0.05) is 15.9 Å². The van der Waals surface area contributed by atoms with Crippen LogP contribution < -0.4 is 10.6 Å². The topological polar surface area (TPSA) is 66.9 Å². The predicted octanol–water partition coefficient (Wildman–Crippen LogP) is 4.06. The lowest BCUT2D eigenvalue weighted by atomic mass is 10.3. The van der Waals surface area contributed by atoms with E-state index in [0.717, 1.165) is 13.4 Å². The molecule has 2 N–H and O–H groups in total. The van der Waals surface area contributed by atoms with Gasteiger partial charge in [0.05, 0.1) is 5.69 Å². The molecule has 0 saturated carbocycles. The fraction of sp³-hybridized carbons (Fsp3) is 0.0833. The second kappa shape index (κ2) is 6.64. The monoisotopic (exact) mass is 462 g/mol. The molecule has 0 aliphatic carbocycles. The molecule has 2 rings (SSSR count). The van der Waals surface area contributed by atoms with Crippen molar-refractivity contribution in [3.63, 3.8) is 0 Å². The summed E-state index contributed by atoms with van der Waals surface area (Å²) < 4.78 is 2.41. The molecule has 1 aromatic carbocycles. The lowest BCUT2D eigenvalue weighted by Crippen LogP contribution is -2.15. The fourth-order valence-electron chi connectivity index (χ4n) is 1.43. The van der Waals surface area contributed by atoms with Crippen LogP contribution in [-0.4, -0.2) is 23.2 Å². The molecule has 1 amide bonds. The highest BCUT2D eigenvalue weighted by atomic mass is 79.9. The average molecular weight is 465 g/mol. The molecule has 0 aliphatic heterocycles. The number of anilines is 2. The SMILES string of the molecule is CNc1ccc(C(=O)Nc2c(Br)cc(Br)cc2Br)nn1. The van der Waals surface area contributed by atoms with Gasteiger partial charge < -0.3 is 10.6 Å². The molecule has 20 heavy (non-hydrogen) atoms. The van der Waals surface area contributed by atoms with Crippen LogP contribution in [0, 0.1) is 0 Å². The number of carbonyl (C=O) groups excluding carboxylic acids is 1. The summed E-state index contributed by atoms with van der Waals surface area (Å²) in [4.78, 5) is 12.1. The molecule has 0 radical (unpaired) electrons. The number of amides is 1. The highest BCUT2D eigenvalue weighted by molar-refractivity contribution is 9.11. The minimum absolute atomic E-state index is 0.241. The van der Waals surface area contributed by atoms with Gasteiger partial charge in [-0.3, -0.25) is 4.79 Å². The van der Waals surface area contributed by atoms with Crippen LogP contribution >= 0.6 is 47.8 Å². The Morgan fingerprint density at radius 1 is 1.10 bits per heavy atom. The van der Waals surface area contributed by atoms with E-state index in [4.69, 9.17) is 0 Å². The number of carbonyl (C=O) groups is 1. The van der Waals surface area contributed by atoms with E-state index in [0.29, 0.717) is 11.5 Å². The normalized spacial score (nSPS) is 10.2. The number of rotatable bonds is 3. The highest BCUT2D eigenvalue weighted by Crippen LogP contribution is 2.34. The van der Waals surface area contributed by atoms with Crippen LogP contribution in [0.5, 0.6) is 0 Å². The summed E-state index contributed by atoms with van der Waals surface area (Å²) >= 11 is 10.2. The first kappa shape index (κ1) is 15.4. The summed E-state index contributed by atoms with van der Waals surface area (Å²) in [6.07, 6.45) is 0. The zero-order valence-electron chi connectivity index (χ0n) is 10.2. The molecule has 5 nitrogen and oxygen atoms in total. The number of nitrogens with zero attached hydrogens (tertiary/aromatic N) is 2. The van der Waals surface area contributed by atoms with Crippen molar-refractivity contribution in [1.82, 2.24) is 10.2 Å². The van der Waals surface area contributed by atoms with E-state index in [9.17, 15) is 4.79 Å². The molecule has 1 aromatic heterocycles. The van der Waals surface area contributed by atoms with Crippen LogP contribution in [0.4, 0.5) is 11.5 Å². The largest absolute Gasteiger partial charge is 0.372 e. The Morgan fingerprint density at radius 2 is 1.75 bits per heavy atom. The van der Waals surface area contributed by atoms with E-state index < -0.39 is 0 Å². The molecule has 0 atom stereocenters. The van der Waals surface area contributed by atoms with Gasteiger partial charge in [0.15, 0.2) is 5.69 Å². The van der Waals surface area contributed by atoms with Crippen LogP contribution in [0.15, 0.2) is 37.7 Å². The summed E-state index contributed by atoms with van der Waals surface area (Å²) in [5.41, 5.74) is 0.878. The maximum Gasteiger partial charge on any atom is 0.276 e. The standard InChI is InChI=1S/C12H9Br3N4O/c1-16-10-3-2-9(18-19-10)12(20)17-11-7(14)4-6(13)5-8(11)15/h2-5H,1H3,(H,16,19)(H,17,20). The summed E-state index contributed by atoms with van der Waals surface area (Å²) in [5, 5.41) is 13.3. The minimum atomic E-state index is -0.330.